The fourth-order valence-corrected chi connectivity index (χ4v) is 3.78. The zero-order chi connectivity index (χ0) is 15.6. The van der Waals surface area contributed by atoms with E-state index >= 15 is 0 Å². The molecular weight excluding hydrogens is 437 g/mol. The van der Waals surface area contributed by atoms with Crippen molar-refractivity contribution in [1.82, 2.24) is 5.32 Å². The van der Waals surface area contributed by atoms with Crippen LogP contribution in [0.25, 0.3) is 0 Å². The monoisotopic (exact) mass is 449 g/mol. The van der Waals surface area contributed by atoms with Gasteiger partial charge in [0.25, 0.3) is 0 Å². The zero-order valence-corrected chi connectivity index (χ0v) is 16.4. The van der Waals surface area contributed by atoms with Gasteiger partial charge in [-0.15, -0.1) is 0 Å². The lowest BCUT2D eigenvalue weighted by atomic mass is 9.97. The number of halogens is 4. The van der Waals surface area contributed by atoms with E-state index in [2.05, 4.69) is 63.2 Å². The second-order valence-corrected chi connectivity index (χ2v) is 7.33. The van der Waals surface area contributed by atoms with E-state index in [-0.39, 0.29) is 6.04 Å². The molecule has 112 valence electrons. The highest BCUT2D eigenvalue weighted by atomic mass is 79.9. The molecule has 5 heteroatoms. The average Bonchev–Trinajstić information content (AvgIpc) is 2.41. The molecule has 0 amide bonds. The van der Waals surface area contributed by atoms with Gasteiger partial charge in [-0.3, -0.25) is 0 Å². The molecule has 0 saturated carbocycles. The van der Waals surface area contributed by atoms with E-state index < -0.39 is 0 Å². The van der Waals surface area contributed by atoms with Crippen molar-refractivity contribution in [1.29, 1.82) is 0 Å². The third-order valence-electron chi connectivity index (χ3n) is 3.27. The Morgan fingerprint density at radius 3 is 2.38 bits per heavy atom. The molecule has 0 aliphatic rings. The molecular formula is C16H15Br2Cl2N. The Morgan fingerprint density at radius 1 is 1.05 bits per heavy atom. The van der Waals surface area contributed by atoms with Gasteiger partial charge in [-0.25, -0.2) is 0 Å². The Bertz CT molecular complexity index is 659. The molecule has 0 aromatic heterocycles. The van der Waals surface area contributed by atoms with E-state index in [1.807, 2.05) is 12.1 Å². The molecule has 0 aliphatic carbocycles. The van der Waals surface area contributed by atoms with Crippen molar-refractivity contribution < 1.29 is 0 Å². The smallest absolute Gasteiger partial charge is 0.0602 e. The van der Waals surface area contributed by atoms with Gasteiger partial charge in [-0.2, -0.15) is 0 Å². The first kappa shape index (κ1) is 17.3. The van der Waals surface area contributed by atoms with Gasteiger partial charge in [0.15, 0.2) is 0 Å². The standard InChI is InChI=1S/C16H15Br2Cl2N/c1-3-21-16(11-5-4-10(19)7-15(11)20)12-8-13(17)9(2)6-14(12)18/h4-8,16,21H,3H2,1-2H3. The van der Waals surface area contributed by atoms with E-state index in [9.17, 15) is 0 Å². The summed E-state index contributed by atoms with van der Waals surface area (Å²) in [5.41, 5.74) is 3.33. The van der Waals surface area contributed by atoms with Crippen LogP contribution in [0, 0.1) is 6.92 Å². The van der Waals surface area contributed by atoms with Crippen molar-refractivity contribution in [3.8, 4) is 0 Å². The van der Waals surface area contributed by atoms with Gasteiger partial charge in [0.05, 0.1) is 6.04 Å². The third-order valence-corrected chi connectivity index (χ3v) is 5.37. The SMILES string of the molecule is CCNC(c1ccc(Cl)cc1Cl)c1cc(Br)c(C)cc1Br. The van der Waals surface area contributed by atoms with E-state index in [0.717, 1.165) is 26.6 Å². The maximum Gasteiger partial charge on any atom is 0.0602 e. The van der Waals surface area contributed by atoms with E-state index in [0.29, 0.717) is 10.0 Å². The van der Waals surface area contributed by atoms with Gasteiger partial charge in [0.2, 0.25) is 0 Å². The van der Waals surface area contributed by atoms with Crippen LogP contribution < -0.4 is 5.32 Å². The number of hydrogen-bond donors (Lipinski definition) is 1. The molecule has 0 saturated heterocycles. The number of hydrogen-bond acceptors (Lipinski definition) is 1. The van der Waals surface area contributed by atoms with E-state index in [1.165, 1.54) is 5.56 Å². The Morgan fingerprint density at radius 2 is 1.76 bits per heavy atom. The number of rotatable bonds is 4. The number of aryl methyl sites for hydroxylation is 1. The summed E-state index contributed by atoms with van der Waals surface area (Å²) < 4.78 is 2.13. The van der Waals surface area contributed by atoms with Gasteiger partial charge >= 0.3 is 0 Å². The summed E-state index contributed by atoms with van der Waals surface area (Å²) in [6, 6.07) is 9.85. The molecule has 2 rings (SSSR count). The van der Waals surface area contributed by atoms with Crippen molar-refractivity contribution in [2.45, 2.75) is 19.9 Å². The van der Waals surface area contributed by atoms with Crippen LogP contribution in [0.2, 0.25) is 10.0 Å². The maximum atomic E-state index is 6.38. The molecule has 0 bridgehead atoms. The second kappa shape index (κ2) is 7.47. The van der Waals surface area contributed by atoms with Crippen LogP contribution >= 0.6 is 55.1 Å². The molecule has 1 atom stereocenters. The Kier molecular flexibility index (Phi) is 6.15. The quantitative estimate of drug-likeness (QED) is 0.557. The van der Waals surface area contributed by atoms with Crippen molar-refractivity contribution >= 4 is 55.1 Å². The van der Waals surface area contributed by atoms with Gasteiger partial charge in [-0.05, 0) is 54.4 Å². The molecule has 0 radical (unpaired) electrons. The molecule has 0 aliphatic heterocycles. The van der Waals surface area contributed by atoms with E-state index in [1.54, 1.807) is 6.07 Å². The maximum absolute atomic E-state index is 6.38. The first-order valence-corrected chi connectivity index (χ1v) is 8.92. The first-order chi connectivity index (χ1) is 9.93. The lowest BCUT2D eigenvalue weighted by Gasteiger charge is -2.22. The summed E-state index contributed by atoms with van der Waals surface area (Å²) in [7, 11) is 0. The Hall–Kier alpha value is -0.0600. The third kappa shape index (κ3) is 4.02. The molecule has 2 aromatic carbocycles. The van der Waals surface area contributed by atoms with Gasteiger partial charge in [0.1, 0.15) is 0 Å². The van der Waals surface area contributed by atoms with Crippen molar-refractivity contribution in [3.05, 3.63) is 66.0 Å². The Labute approximate surface area is 152 Å². The molecule has 2 aromatic rings. The minimum absolute atomic E-state index is 0.00559. The van der Waals surface area contributed by atoms with Crippen LogP contribution in [-0.2, 0) is 0 Å². The molecule has 21 heavy (non-hydrogen) atoms. The highest BCUT2D eigenvalue weighted by molar-refractivity contribution is 9.11. The topological polar surface area (TPSA) is 12.0 Å². The molecule has 1 unspecified atom stereocenters. The van der Waals surface area contributed by atoms with E-state index in [4.69, 9.17) is 23.2 Å². The number of nitrogens with one attached hydrogen (secondary N) is 1. The molecule has 1 nitrogen and oxygen atoms in total. The summed E-state index contributed by atoms with van der Waals surface area (Å²) in [6.07, 6.45) is 0. The largest absolute Gasteiger partial charge is 0.306 e. The average molecular weight is 452 g/mol. The highest BCUT2D eigenvalue weighted by Gasteiger charge is 2.19. The van der Waals surface area contributed by atoms with Crippen LogP contribution in [0.1, 0.15) is 29.7 Å². The van der Waals surface area contributed by atoms with Gasteiger partial charge < -0.3 is 5.32 Å². The van der Waals surface area contributed by atoms with Crippen molar-refractivity contribution in [2.24, 2.45) is 0 Å². The minimum atomic E-state index is 0.00559. The second-order valence-electron chi connectivity index (χ2n) is 4.78. The predicted molar refractivity (Wildman–Crippen MR) is 98.6 cm³/mol. The van der Waals surface area contributed by atoms with Gasteiger partial charge in [0, 0.05) is 19.0 Å². The normalized spacial score (nSPS) is 12.5. The molecule has 0 heterocycles. The Balaban J connectivity index is 2.55. The summed E-state index contributed by atoms with van der Waals surface area (Å²) in [5.74, 6) is 0. The fourth-order valence-electron chi connectivity index (χ4n) is 2.21. The van der Waals surface area contributed by atoms with Crippen molar-refractivity contribution in [2.75, 3.05) is 6.54 Å². The number of benzene rings is 2. The zero-order valence-electron chi connectivity index (χ0n) is 11.7. The molecule has 0 spiro atoms. The molecule has 1 N–H and O–H groups in total. The first-order valence-electron chi connectivity index (χ1n) is 6.58. The van der Waals surface area contributed by atoms with Crippen LogP contribution in [0.3, 0.4) is 0 Å². The lowest BCUT2D eigenvalue weighted by molar-refractivity contribution is 0.628. The lowest BCUT2D eigenvalue weighted by Crippen LogP contribution is -2.22. The molecule has 0 fully saturated rings. The fraction of sp³-hybridized carbons (Fsp3) is 0.250. The predicted octanol–water partition coefficient (Wildman–Crippen LogP) is 6.53. The van der Waals surface area contributed by atoms with Crippen LogP contribution in [-0.4, -0.2) is 6.54 Å². The highest BCUT2D eigenvalue weighted by Crippen LogP contribution is 2.36. The summed E-state index contributed by atoms with van der Waals surface area (Å²) in [5, 5.41) is 4.79. The van der Waals surface area contributed by atoms with Crippen LogP contribution in [0.5, 0.6) is 0 Å². The minimum Gasteiger partial charge on any atom is -0.306 e. The van der Waals surface area contributed by atoms with Crippen molar-refractivity contribution in [3.63, 3.8) is 0 Å². The summed E-state index contributed by atoms with van der Waals surface area (Å²) >= 11 is 19.6. The van der Waals surface area contributed by atoms with Gasteiger partial charge in [-0.1, -0.05) is 68.1 Å². The summed E-state index contributed by atoms with van der Waals surface area (Å²) in [6.45, 7) is 4.98. The van der Waals surface area contributed by atoms with Crippen LogP contribution in [0.4, 0.5) is 0 Å². The summed E-state index contributed by atoms with van der Waals surface area (Å²) in [4.78, 5) is 0. The van der Waals surface area contributed by atoms with Crippen LogP contribution in [0.15, 0.2) is 39.3 Å².